The Labute approximate surface area is 77.0 Å². The summed E-state index contributed by atoms with van der Waals surface area (Å²) in [5.41, 5.74) is 2.09. The molecule has 1 aromatic heterocycles. The molecule has 3 nitrogen and oxygen atoms in total. The molecule has 0 aliphatic carbocycles. The summed E-state index contributed by atoms with van der Waals surface area (Å²) >= 11 is 0. The van der Waals surface area contributed by atoms with Gasteiger partial charge < -0.3 is 5.32 Å². The fourth-order valence-electron chi connectivity index (χ4n) is 1.17. The van der Waals surface area contributed by atoms with E-state index in [1.54, 1.807) is 10.9 Å². The third kappa shape index (κ3) is 1.87. The predicted molar refractivity (Wildman–Crippen MR) is 52.9 cm³/mol. The van der Waals surface area contributed by atoms with E-state index in [9.17, 15) is 0 Å². The molecule has 0 aliphatic rings. The van der Waals surface area contributed by atoms with Crippen LogP contribution in [0, 0.1) is 0 Å². The molecule has 13 heavy (non-hydrogen) atoms. The number of para-hydroxylation sites is 1. The standard InChI is InChI=1S/C10H11N3/c1-13-8-10(7-11-13)12-9-5-3-2-4-6-9/h2-8,12H,1H3. The first-order valence-corrected chi connectivity index (χ1v) is 4.15. The Morgan fingerprint density at radius 1 is 1.15 bits per heavy atom. The molecule has 2 rings (SSSR count). The molecule has 3 heteroatoms. The predicted octanol–water partition coefficient (Wildman–Crippen LogP) is 2.16. The molecule has 66 valence electrons. The van der Waals surface area contributed by atoms with Crippen LogP contribution in [0.1, 0.15) is 0 Å². The largest absolute Gasteiger partial charge is 0.353 e. The van der Waals surface area contributed by atoms with Crippen molar-refractivity contribution in [3.8, 4) is 0 Å². The van der Waals surface area contributed by atoms with Crippen LogP contribution < -0.4 is 5.32 Å². The van der Waals surface area contributed by atoms with E-state index in [1.807, 2.05) is 43.6 Å². The van der Waals surface area contributed by atoms with Gasteiger partial charge in [0.05, 0.1) is 11.9 Å². The highest BCUT2D eigenvalue weighted by atomic mass is 15.3. The number of nitrogens with zero attached hydrogens (tertiary/aromatic N) is 2. The van der Waals surface area contributed by atoms with Crippen molar-refractivity contribution in [1.82, 2.24) is 9.78 Å². The lowest BCUT2D eigenvalue weighted by molar-refractivity contribution is 0.768. The highest BCUT2D eigenvalue weighted by molar-refractivity contribution is 5.57. The Morgan fingerprint density at radius 3 is 2.54 bits per heavy atom. The minimum atomic E-state index is 1.01. The van der Waals surface area contributed by atoms with E-state index in [0.29, 0.717) is 0 Å². The minimum absolute atomic E-state index is 1.01. The Morgan fingerprint density at radius 2 is 1.92 bits per heavy atom. The molecule has 0 radical (unpaired) electrons. The lowest BCUT2D eigenvalue weighted by atomic mass is 10.3. The molecule has 1 heterocycles. The van der Waals surface area contributed by atoms with Gasteiger partial charge in [0.15, 0.2) is 0 Å². The Bertz CT molecular complexity index is 378. The number of benzene rings is 1. The number of anilines is 2. The van der Waals surface area contributed by atoms with Crippen molar-refractivity contribution in [2.45, 2.75) is 0 Å². The fraction of sp³-hybridized carbons (Fsp3) is 0.100. The summed E-state index contributed by atoms with van der Waals surface area (Å²) in [5.74, 6) is 0. The maximum atomic E-state index is 4.07. The first-order valence-electron chi connectivity index (χ1n) is 4.15. The average molecular weight is 173 g/mol. The van der Waals surface area contributed by atoms with Gasteiger partial charge in [-0.1, -0.05) is 18.2 Å². The summed E-state index contributed by atoms with van der Waals surface area (Å²) in [4.78, 5) is 0. The molecule has 0 saturated heterocycles. The summed E-state index contributed by atoms with van der Waals surface area (Å²) < 4.78 is 1.77. The first kappa shape index (κ1) is 7.86. The monoisotopic (exact) mass is 173 g/mol. The number of nitrogens with one attached hydrogen (secondary N) is 1. The van der Waals surface area contributed by atoms with Crippen LogP contribution in [-0.4, -0.2) is 9.78 Å². The maximum absolute atomic E-state index is 4.07. The molecule has 0 spiro atoms. The van der Waals surface area contributed by atoms with Crippen molar-refractivity contribution < 1.29 is 0 Å². The van der Waals surface area contributed by atoms with Gasteiger partial charge >= 0.3 is 0 Å². The van der Waals surface area contributed by atoms with Gasteiger partial charge in [-0.3, -0.25) is 4.68 Å². The molecule has 0 amide bonds. The zero-order valence-electron chi connectivity index (χ0n) is 7.44. The molecule has 0 atom stereocenters. The van der Waals surface area contributed by atoms with Crippen LogP contribution in [0.15, 0.2) is 42.7 Å². The number of aromatic nitrogens is 2. The second kappa shape index (κ2) is 3.31. The van der Waals surface area contributed by atoms with Crippen LogP contribution >= 0.6 is 0 Å². The summed E-state index contributed by atoms with van der Waals surface area (Å²) in [6, 6.07) is 10.0. The Kier molecular flexibility index (Phi) is 2.00. The van der Waals surface area contributed by atoms with Crippen LogP contribution in [-0.2, 0) is 7.05 Å². The molecule has 0 unspecified atom stereocenters. The van der Waals surface area contributed by atoms with Crippen LogP contribution in [0.25, 0.3) is 0 Å². The number of hydrogen-bond acceptors (Lipinski definition) is 2. The third-order valence-electron chi connectivity index (χ3n) is 1.77. The van der Waals surface area contributed by atoms with Crippen molar-refractivity contribution in [2.75, 3.05) is 5.32 Å². The molecular weight excluding hydrogens is 162 g/mol. The summed E-state index contributed by atoms with van der Waals surface area (Å²) in [5, 5.41) is 7.31. The maximum Gasteiger partial charge on any atom is 0.0770 e. The summed E-state index contributed by atoms with van der Waals surface area (Å²) in [7, 11) is 1.90. The van der Waals surface area contributed by atoms with Crippen molar-refractivity contribution >= 4 is 11.4 Å². The second-order valence-corrected chi connectivity index (χ2v) is 2.89. The van der Waals surface area contributed by atoms with Crippen molar-refractivity contribution in [3.05, 3.63) is 42.7 Å². The number of rotatable bonds is 2. The molecule has 0 fully saturated rings. The highest BCUT2D eigenvalue weighted by Gasteiger charge is 1.94. The zero-order valence-corrected chi connectivity index (χ0v) is 7.44. The van der Waals surface area contributed by atoms with Crippen LogP contribution in [0.3, 0.4) is 0 Å². The van der Waals surface area contributed by atoms with Crippen LogP contribution in [0.4, 0.5) is 11.4 Å². The third-order valence-corrected chi connectivity index (χ3v) is 1.77. The lowest BCUT2D eigenvalue weighted by Gasteiger charge is -2.00. The Hall–Kier alpha value is -1.77. The van der Waals surface area contributed by atoms with Gasteiger partial charge in [0, 0.05) is 18.9 Å². The summed E-state index contributed by atoms with van der Waals surface area (Å²) in [6.45, 7) is 0. The molecule has 1 aromatic carbocycles. The van der Waals surface area contributed by atoms with Gasteiger partial charge in [-0.15, -0.1) is 0 Å². The Balaban J connectivity index is 2.15. The SMILES string of the molecule is Cn1cc(Nc2ccccc2)cn1. The number of hydrogen-bond donors (Lipinski definition) is 1. The molecule has 1 N–H and O–H groups in total. The molecular formula is C10H11N3. The molecule has 2 aromatic rings. The molecule has 0 bridgehead atoms. The topological polar surface area (TPSA) is 29.9 Å². The average Bonchev–Trinajstić information content (AvgIpc) is 2.53. The van der Waals surface area contributed by atoms with Gasteiger partial charge in [-0.25, -0.2) is 0 Å². The highest BCUT2D eigenvalue weighted by Crippen LogP contribution is 2.13. The van der Waals surface area contributed by atoms with E-state index in [-0.39, 0.29) is 0 Å². The number of aryl methyl sites for hydroxylation is 1. The van der Waals surface area contributed by atoms with Gasteiger partial charge in [0.1, 0.15) is 0 Å². The van der Waals surface area contributed by atoms with Crippen LogP contribution in [0.5, 0.6) is 0 Å². The summed E-state index contributed by atoms with van der Waals surface area (Å²) in [6.07, 6.45) is 3.74. The lowest BCUT2D eigenvalue weighted by Crippen LogP contribution is -1.87. The van der Waals surface area contributed by atoms with Gasteiger partial charge in [-0.2, -0.15) is 5.10 Å². The van der Waals surface area contributed by atoms with Gasteiger partial charge in [0.2, 0.25) is 0 Å². The quantitative estimate of drug-likeness (QED) is 0.754. The van der Waals surface area contributed by atoms with E-state index >= 15 is 0 Å². The van der Waals surface area contributed by atoms with Gasteiger partial charge in [-0.05, 0) is 12.1 Å². The normalized spacial score (nSPS) is 9.92. The molecule has 0 saturated carbocycles. The van der Waals surface area contributed by atoms with E-state index in [1.165, 1.54) is 0 Å². The van der Waals surface area contributed by atoms with E-state index in [2.05, 4.69) is 10.4 Å². The van der Waals surface area contributed by atoms with Crippen molar-refractivity contribution in [1.29, 1.82) is 0 Å². The van der Waals surface area contributed by atoms with E-state index < -0.39 is 0 Å². The van der Waals surface area contributed by atoms with E-state index in [0.717, 1.165) is 11.4 Å². The zero-order chi connectivity index (χ0) is 9.10. The fourth-order valence-corrected chi connectivity index (χ4v) is 1.17. The van der Waals surface area contributed by atoms with Gasteiger partial charge in [0.25, 0.3) is 0 Å². The second-order valence-electron chi connectivity index (χ2n) is 2.89. The molecule has 0 aliphatic heterocycles. The first-order chi connectivity index (χ1) is 6.34. The van der Waals surface area contributed by atoms with Crippen molar-refractivity contribution in [3.63, 3.8) is 0 Å². The van der Waals surface area contributed by atoms with Crippen LogP contribution in [0.2, 0.25) is 0 Å². The van der Waals surface area contributed by atoms with E-state index in [4.69, 9.17) is 0 Å². The smallest absolute Gasteiger partial charge is 0.0770 e. The minimum Gasteiger partial charge on any atom is -0.353 e. The van der Waals surface area contributed by atoms with Crippen molar-refractivity contribution in [2.24, 2.45) is 7.05 Å².